The first-order valence-corrected chi connectivity index (χ1v) is 7.29. The second-order valence-corrected chi connectivity index (χ2v) is 5.59. The fourth-order valence-corrected chi connectivity index (χ4v) is 3.01. The first-order chi connectivity index (χ1) is 10.1. The summed E-state index contributed by atoms with van der Waals surface area (Å²) in [7, 11) is 3.23. The SMILES string of the molecule is COCCc1nc(-c2cccc(OC)c2)c(CC(=O)O)s1. The van der Waals surface area contributed by atoms with E-state index in [1.807, 2.05) is 24.3 Å². The van der Waals surface area contributed by atoms with E-state index in [0.717, 1.165) is 21.2 Å². The third-order valence-corrected chi connectivity index (χ3v) is 4.03. The van der Waals surface area contributed by atoms with E-state index in [1.165, 1.54) is 11.3 Å². The monoisotopic (exact) mass is 307 g/mol. The number of benzene rings is 1. The van der Waals surface area contributed by atoms with Crippen LogP contribution in [0.3, 0.4) is 0 Å². The Kier molecular flexibility index (Phi) is 5.30. The Morgan fingerprint density at radius 3 is 2.86 bits per heavy atom. The van der Waals surface area contributed by atoms with Gasteiger partial charge in [-0.15, -0.1) is 11.3 Å². The molecular formula is C15H17NO4S. The minimum atomic E-state index is -0.860. The maximum atomic E-state index is 11.0. The van der Waals surface area contributed by atoms with Crippen molar-refractivity contribution in [3.63, 3.8) is 0 Å². The molecule has 21 heavy (non-hydrogen) atoms. The number of nitrogens with zero attached hydrogens (tertiary/aromatic N) is 1. The van der Waals surface area contributed by atoms with Gasteiger partial charge in [-0.05, 0) is 12.1 Å². The van der Waals surface area contributed by atoms with E-state index in [1.54, 1.807) is 14.2 Å². The zero-order valence-corrected chi connectivity index (χ0v) is 12.8. The summed E-state index contributed by atoms with van der Waals surface area (Å²) >= 11 is 1.42. The highest BCUT2D eigenvalue weighted by Crippen LogP contribution is 2.31. The third-order valence-electron chi connectivity index (χ3n) is 2.92. The lowest BCUT2D eigenvalue weighted by molar-refractivity contribution is -0.136. The van der Waals surface area contributed by atoms with Gasteiger partial charge in [0.1, 0.15) is 5.75 Å². The second kappa shape index (κ2) is 7.19. The molecule has 0 atom stereocenters. The van der Waals surface area contributed by atoms with Crippen LogP contribution in [0.5, 0.6) is 5.75 Å². The van der Waals surface area contributed by atoms with Gasteiger partial charge in [-0.3, -0.25) is 4.79 Å². The summed E-state index contributed by atoms with van der Waals surface area (Å²) in [6.45, 7) is 0.567. The van der Waals surface area contributed by atoms with Crippen molar-refractivity contribution in [3.8, 4) is 17.0 Å². The number of thiazole rings is 1. The number of carbonyl (C=O) groups is 1. The van der Waals surface area contributed by atoms with E-state index in [9.17, 15) is 4.79 Å². The average molecular weight is 307 g/mol. The number of carboxylic acids is 1. The Hall–Kier alpha value is -1.92. The first-order valence-electron chi connectivity index (χ1n) is 6.47. The number of rotatable bonds is 7. The number of aromatic nitrogens is 1. The topological polar surface area (TPSA) is 68.7 Å². The maximum absolute atomic E-state index is 11.0. The molecule has 0 radical (unpaired) electrons. The zero-order chi connectivity index (χ0) is 15.2. The highest BCUT2D eigenvalue weighted by molar-refractivity contribution is 7.12. The van der Waals surface area contributed by atoms with Crippen molar-refractivity contribution in [3.05, 3.63) is 34.2 Å². The molecule has 112 valence electrons. The van der Waals surface area contributed by atoms with Gasteiger partial charge in [0.2, 0.25) is 0 Å². The van der Waals surface area contributed by atoms with Crippen molar-refractivity contribution >= 4 is 17.3 Å². The summed E-state index contributed by atoms with van der Waals surface area (Å²) < 4.78 is 10.3. The molecule has 6 heteroatoms. The van der Waals surface area contributed by atoms with E-state index in [2.05, 4.69) is 4.98 Å². The van der Waals surface area contributed by atoms with Gasteiger partial charge in [0.25, 0.3) is 0 Å². The van der Waals surface area contributed by atoms with Gasteiger partial charge in [0.15, 0.2) is 0 Å². The van der Waals surface area contributed by atoms with Crippen molar-refractivity contribution < 1.29 is 19.4 Å². The van der Waals surface area contributed by atoms with Gasteiger partial charge in [-0.2, -0.15) is 0 Å². The quantitative estimate of drug-likeness (QED) is 0.851. The second-order valence-electron chi connectivity index (χ2n) is 4.42. The summed E-state index contributed by atoms with van der Waals surface area (Å²) in [4.78, 5) is 16.3. The molecule has 0 unspecified atom stereocenters. The molecule has 1 aromatic heterocycles. The van der Waals surface area contributed by atoms with Crippen molar-refractivity contribution in [2.24, 2.45) is 0 Å². The predicted octanol–water partition coefficient (Wildman–Crippen LogP) is 2.63. The van der Waals surface area contributed by atoms with E-state index < -0.39 is 5.97 Å². The number of carboxylic acid groups (broad SMARTS) is 1. The largest absolute Gasteiger partial charge is 0.497 e. The van der Waals surface area contributed by atoms with Gasteiger partial charge in [-0.25, -0.2) is 4.98 Å². The number of hydrogen-bond donors (Lipinski definition) is 1. The molecule has 0 spiro atoms. The lowest BCUT2D eigenvalue weighted by atomic mass is 10.1. The molecule has 0 aliphatic rings. The van der Waals surface area contributed by atoms with Crippen molar-refractivity contribution in [2.75, 3.05) is 20.8 Å². The fraction of sp³-hybridized carbons (Fsp3) is 0.333. The molecule has 1 heterocycles. The molecule has 0 saturated carbocycles. The minimum absolute atomic E-state index is 0.0306. The standard InChI is InChI=1S/C15H17NO4S/c1-19-7-6-13-16-15(12(21-13)9-14(17)18)10-4-3-5-11(8-10)20-2/h3-5,8H,6-7,9H2,1-2H3,(H,17,18). The van der Waals surface area contributed by atoms with Gasteiger partial charge >= 0.3 is 5.97 Å². The molecule has 0 fully saturated rings. The van der Waals surface area contributed by atoms with E-state index in [4.69, 9.17) is 14.6 Å². The predicted molar refractivity (Wildman–Crippen MR) is 81.0 cm³/mol. The molecule has 0 bridgehead atoms. The van der Waals surface area contributed by atoms with Crippen LogP contribution in [0.25, 0.3) is 11.3 Å². The lowest BCUT2D eigenvalue weighted by Crippen LogP contribution is -1.99. The molecule has 1 aromatic carbocycles. The highest BCUT2D eigenvalue weighted by Gasteiger charge is 2.16. The Morgan fingerprint density at radius 2 is 2.19 bits per heavy atom. The Labute approximate surface area is 127 Å². The summed E-state index contributed by atoms with van der Waals surface area (Å²) in [6, 6.07) is 7.48. The highest BCUT2D eigenvalue weighted by atomic mass is 32.1. The summed E-state index contributed by atoms with van der Waals surface area (Å²) in [5.41, 5.74) is 1.58. The van der Waals surface area contributed by atoms with Crippen LogP contribution < -0.4 is 4.74 Å². The number of hydrogen-bond acceptors (Lipinski definition) is 5. The lowest BCUT2D eigenvalue weighted by Gasteiger charge is -2.03. The molecule has 0 aliphatic carbocycles. The van der Waals surface area contributed by atoms with Gasteiger partial charge in [0, 0.05) is 24.0 Å². The molecule has 1 N–H and O–H groups in total. The Morgan fingerprint density at radius 1 is 1.38 bits per heavy atom. The number of aliphatic carboxylic acids is 1. The third kappa shape index (κ3) is 4.03. The fourth-order valence-electron chi connectivity index (χ4n) is 1.95. The Balaban J connectivity index is 2.38. The van der Waals surface area contributed by atoms with Crippen LogP contribution in [0.1, 0.15) is 9.88 Å². The number of ether oxygens (including phenoxy) is 2. The number of methoxy groups -OCH3 is 2. The van der Waals surface area contributed by atoms with Crippen LogP contribution in [0.2, 0.25) is 0 Å². The average Bonchev–Trinajstić information content (AvgIpc) is 2.87. The summed E-state index contributed by atoms with van der Waals surface area (Å²) in [6.07, 6.45) is 0.648. The van der Waals surface area contributed by atoms with Crippen LogP contribution in [0.4, 0.5) is 0 Å². The zero-order valence-electron chi connectivity index (χ0n) is 12.0. The van der Waals surface area contributed by atoms with E-state index >= 15 is 0 Å². The molecular weight excluding hydrogens is 290 g/mol. The van der Waals surface area contributed by atoms with Gasteiger partial charge in [0.05, 0.1) is 30.8 Å². The molecule has 0 amide bonds. The molecule has 0 saturated heterocycles. The van der Waals surface area contributed by atoms with Crippen molar-refractivity contribution in [2.45, 2.75) is 12.8 Å². The summed E-state index contributed by atoms with van der Waals surface area (Å²) in [5, 5.41) is 9.93. The molecule has 2 aromatic rings. The van der Waals surface area contributed by atoms with Crippen LogP contribution in [0.15, 0.2) is 24.3 Å². The van der Waals surface area contributed by atoms with Crippen LogP contribution in [-0.4, -0.2) is 36.9 Å². The summed E-state index contributed by atoms with van der Waals surface area (Å²) in [5.74, 6) is -0.138. The molecule has 5 nitrogen and oxygen atoms in total. The minimum Gasteiger partial charge on any atom is -0.497 e. The van der Waals surface area contributed by atoms with Gasteiger partial charge < -0.3 is 14.6 Å². The first kappa shape index (κ1) is 15.5. The van der Waals surface area contributed by atoms with Crippen LogP contribution >= 0.6 is 11.3 Å². The Bertz CT molecular complexity index is 624. The maximum Gasteiger partial charge on any atom is 0.308 e. The van der Waals surface area contributed by atoms with E-state index in [0.29, 0.717) is 18.7 Å². The van der Waals surface area contributed by atoms with Gasteiger partial charge in [-0.1, -0.05) is 12.1 Å². The van der Waals surface area contributed by atoms with Crippen LogP contribution in [-0.2, 0) is 22.4 Å². The van der Waals surface area contributed by atoms with E-state index in [-0.39, 0.29) is 6.42 Å². The molecule has 0 aliphatic heterocycles. The normalized spacial score (nSPS) is 10.6. The smallest absolute Gasteiger partial charge is 0.308 e. The molecule has 2 rings (SSSR count). The van der Waals surface area contributed by atoms with Crippen LogP contribution in [0, 0.1) is 0 Å². The van der Waals surface area contributed by atoms with Crippen molar-refractivity contribution in [1.82, 2.24) is 4.98 Å². The van der Waals surface area contributed by atoms with Crippen molar-refractivity contribution in [1.29, 1.82) is 0 Å².